The Balaban J connectivity index is 1.38. The van der Waals surface area contributed by atoms with Crippen LogP contribution >= 0.6 is 0 Å². The first-order valence-corrected chi connectivity index (χ1v) is 11.2. The molecule has 2 aromatic heterocycles. The summed E-state index contributed by atoms with van der Waals surface area (Å²) in [6.07, 6.45) is 9.45. The van der Waals surface area contributed by atoms with Gasteiger partial charge in [0.1, 0.15) is 0 Å². The quantitative estimate of drug-likeness (QED) is 0.322. The van der Waals surface area contributed by atoms with Crippen molar-refractivity contribution >= 4 is 11.6 Å². The van der Waals surface area contributed by atoms with Crippen LogP contribution in [-0.4, -0.2) is 48.2 Å². The Bertz CT molecular complexity index is 1270. The van der Waals surface area contributed by atoms with Gasteiger partial charge in [0.05, 0.1) is 29.1 Å². The second kappa shape index (κ2) is 9.30. The van der Waals surface area contributed by atoms with Gasteiger partial charge in [-0.3, -0.25) is 14.9 Å². The van der Waals surface area contributed by atoms with Crippen LogP contribution in [0.2, 0.25) is 0 Å². The summed E-state index contributed by atoms with van der Waals surface area (Å²) in [4.78, 5) is 29.9. The molecule has 4 aromatic rings. The van der Waals surface area contributed by atoms with Crippen LogP contribution in [0.1, 0.15) is 24.4 Å². The Morgan fingerprint density at radius 1 is 1.06 bits per heavy atom. The summed E-state index contributed by atoms with van der Waals surface area (Å²) in [6.45, 7) is 1.39. The fraction of sp³-hybridized carbons (Fsp3) is 0.240. The molecular formula is C25H24N6O3. The lowest BCUT2D eigenvalue weighted by molar-refractivity contribution is -0.384. The number of non-ortho nitro benzene ring substituents is 1. The molecular weight excluding hydrogens is 432 g/mol. The molecule has 9 nitrogen and oxygen atoms in total. The molecule has 2 aromatic carbocycles. The van der Waals surface area contributed by atoms with Crippen LogP contribution in [0, 0.1) is 10.1 Å². The van der Waals surface area contributed by atoms with Crippen molar-refractivity contribution in [1.82, 2.24) is 24.2 Å². The van der Waals surface area contributed by atoms with Crippen LogP contribution in [0.5, 0.6) is 0 Å². The number of piperidine rings is 1. The molecule has 0 aliphatic carbocycles. The van der Waals surface area contributed by atoms with E-state index in [9.17, 15) is 14.9 Å². The van der Waals surface area contributed by atoms with Gasteiger partial charge in [0, 0.05) is 61.0 Å². The van der Waals surface area contributed by atoms with E-state index in [0.717, 1.165) is 29.7 Å². The van der Waals surface area contributed by atoms with Crippen LogP contribution in [-0.2, 0) is 11.2 Å². The van der Waals surface area contributed by atoms with E-state index in [0.29, 0.717) is 24.8 Å². The number of nitro groups is 1. The smallest absolute Gasteiger partial charge is 0.269 e. The van der Waals surface area contributed by atoms with E-state index in [1.54, 1.807) is 23.0 Å². The number of imidazole rings is 1. The predicted molar refractivity (Wildman–Crippen MR) is 126 cm³/mol. The number of hydrogen-bond acceptors (Lipinski definition) is 5. The molecule has 1 aliphatic rings. The zero-order chi connectivity index (χ0) is 23.5. The number of amides is 1. The summed E-state index contributed by atoms with van der Waals surface area (Å²) < 4.78 is 3.86. The van der Waals surface area contributed by atoms with Crippen molar-refractivity contribution in [1.29, 1.82) is 0 Å². The third kappa shape index (κ3) is 4.45. The van der Waals surface area contributed by atoms with Gasteiger partial charge >= 0.3 is 0 Å². The minimum Gasteiger partial charge on any atom is -0.342 e. The molecule has 0 saturated carbocycles. The van der Waals surface area contributed by atoms with Crippen molar-refractivity contribution in [3.63, 3.8) is 0 Å². The fourth-order valence-electron chi connectivity index (χ4n) is 4.41. The molecule has 172 valence electrons. The molecule has 0 radical (unpaired) electrons. The van der Waals surface area contributed by atoms with E-state index in [1.165, 1.54) is 12.1 Å². The summed E-state index contributed by atoms with van der Waals surface area (Å²) in [5.41, 5.74) is 3.08. The number of carbonyl (C=O) groups excluding carboxylic acids is 1. The third-order valence-corrected chi connectivity index (χ3v) is 6.27. The number of nitrogens with zero attached hydrogens (tertiary/aromatic N) is 6. The Kier molecular flexibility index (Phi) is 5.90. The molecule has 1 amide bonds. The number of carbonyl (C=O) groups is 1. The summed E-state index contributed by atoms with van der Waals surface area (Å²) in [5.74, 6) is 0.0554. The van der Waals surface area contributed by atoms with Gasteiger partial charge in [0.25, 0.3) is 5.69 Å². The lowest BCUT2D eigenvalue weighted by Gasteiger charge is -2.32. The number of nitro benzene ring substituents is 1. The summed E-state index contributed by atoms with van der Waals surface area (Å²) >= 11 is 0. The van der Waals surface area contributed by atoms with E-state index >= 15 is 0 Å². The molecule has 0 N–H and O–H groups in total. The molecule has 1 aliphatic heterocycles. The van der Waals surface area contributed by atoms with E-state index in [2.05, 4.69) is 9.55 Å². The zero-order valence-corrected chi connectivity index (χ0v) is 18.5. The number of hydrogen-bond donors (Lipinski definition) is 0. The molecule has 0 bridgehead atoms. The molecule has 0 atom stereocenters. The van der Waals surface area contributed by atoms with Gasteiger partial charge in [-0.25, -0.2) is 9.67 Å². The van der Waals surface area contributed by atoms with Crippen LogP contribution in [0.25, 0.3) is 16.9 Å². The first kappa shape index (κ1) is 21.6. The average Bonchev–Trinajstić information content (AvgIpc) is 3.56. The maximum Gasteiger partial charge on any atom is 0.269 e. The Labute approximate surface area is 196 Å². The summed E-state index contributed by atoms with van der Waals surface area (Å²) in [6, 6.07) is 16.3. The number of rotatable bonds is 6. The van der Waals surface area contributed by atoms with Crippen molar-refractivity contribution < 1.29 is 9.72 Å². The maximum absolute atomic E-state index is 13.2. The highest BCUT2D eigenvalue weighted by atomic mass is 16.6. The number of benzene rings is 2. The second-order valence-corrected chi connectivity index (χ2v) is 8.39. The van der Waals surface area contributed by atoms with Crippen LogP contribution < -0.4 is 0 Å². The molecule has 34 heavy (non-hydrogen) atoms. The normalized spacial score (nSPS) is 14.3. The SMILES string of the molecule is O=C(Cc1cn(-c2ccccc2)nc1-c1ccc([N+](=O)[O-])cc1)N1CCC(n2ccnc2)CC1. The molecule has 9 heteroatoms. The van der Waals surface area contributed by atoms with Gasteiger partial charge < -0.3 is 9.47 Å². The number of aromatic nitrogens is 4. The van der Waals surface area contributed by atoms with Crippen LogP contribution in [0.3, 0.4) is 0 Å². The lowest BCUT2D eigenvalue weighted by atomic mass is 10.0. The molecule has 1 saturated heterocycles. The Morgan fingerprint density at radius 3 is 2.44 bits per heavy atom. The van der Waals surface area contributed by atoms with Crippen molar-refractivity contribution in [2.75, 3.05) is 13.1 Å². The van der Waals surface area contributed by atoms with Crippen LogP contribution in [0.4, 0.5) is 5.69 Å². The predicted octanol–water partition coefficient (Wildman–Crippen LogP) is 4.05. The van der Waals surface area contributed by atoms with Gasteiger partial charge in [-0.2, -0.15) is 5.10 Å². The van der Waals surface area contributed by atoms with Gasteiger partial charge in [0.2, 0.25) is 5.91 Å². The average molecular weight is 457 g/mol. The monoisotopic (exact) mass is 456 g/mol. The highest BCUT2D eigenvalue weighted by molar-refractivity contribution is 5.81. The van der Waals surface area contributed by atoms with E-state index in [1.807, 2.05) is 54.0 Å². The van der Waals surface area contributed by atoms with Gasteiger partial charge in [-0.05, 0) is 37.1 Å². The minimum atomic E-state index is -0.426. The van der Waals surface area contributed by atoms with E-state index in [4.69, 9.17) is 5.10 Å². The zero-order valence-electron chi connectivity index (χ0n) is 18.5. The Hall–Kier alpha value is -4.27. The van der Waals surface area contributed by atoms with Crippen molar-refractivity contribution in [2.24, 2.45) is 0 Å². The molecule has 0 spiro atoms. The highest BCUT2D eigenvalue weighted by Gasteiger charge is 2.25. The molecule has 5 rings (SSSR count). The summed E-state index contributed by atoms with van der Waals surface area (Å²) in [7, 11) is 0. The Morgan fingerprint density at radius 2 is 1.79 bits per heavy atom. The van der Waals surface area contributed by atoms with Crippen molar-refractivity contribution in [2.45, 2.75) is 25.3 Å². The number of para-hydroxylation sites is 1. The van der Waals surface area contributed by atoms with Gasteiger partial charge in [0.15, 0.2) is 0 Å². The third-order valence-electron chi connectivity index (χ3n) is 6.27. The fourth-order valence-corrected chi connectivity index (χ4v) is 4.41. The van der Waals surface area contributed by atoms with Gasteiger partial charge in [-0.1, -0.05) is 18.2 Å². The molecule has 1 fully saturated rings. The largest absolute Gasteiger partial charge is 0.342 e. The molecule has 0 unspecified atom stereocenters. The van der Waals surface area contributed by atoms with Crippen molar-refractivity contribution in [3.05, 3.63) is 95.2 Å². The van der Waals surface area contributed by atoms with E-state index < -0.39 is 4.92 Å². The lowest BCUT2D eigenvalue weighted by Crippen LogP contribution is -2.39. The van der Waals surface area contributed by atoms with Gasteiger partial charge in [-0.15, -0.1) is 0 Å². The van der Waals surface area contributed by atoms with Crippen molar-refractivity contribution in [3.8, 4) is 16.9 Å². The molecule has 3 heterocycles. The topological polar surface area (TPSA) is 99.1 Å². The minimum absolute atomic E-state index is 0.0182. The standard InChI is InChI=1S/C25H24N6O3/c32-24(28-13-10-21(11-14-28)29-15-12-26-18-29)16-20-17-30(22-4-2-1-3-5-22)27-25(20)19-6-8-23(9-7-19)31(33)34/h1-9,12,15,17-18,21H,10-11,13-14,16H2. The highest BCUT2D eigenvalue weighted by Crippen LogP contribution is 2.28. The van der Waals surface area contributed by atoms with E-state index in [-0.39, 0.29) is 18.0 Å². The first-order valence-electron chi connectivity index (χ1n) is 11.2. The first-order chi connectivity index (χ1) is 16.6. The number of likely N-dealkylation sites (tertiary alicyclic amines) is 1. The second-order valence-electron chi connectivity index (χ2n) is 8.39. The maximum atomic E-state index is 13.2. The van der Waals surface area contributed by atoms with Crippen LogP contribution in [0.15, 0.2) is 79.5 Å². The summed E-state index contributed by atoms with van der Waals surface area (Å²) in [5, 5.41) is 15.8.